The molecule has 2 aromatic heterocycles. The van der Waals surface area contributed by atoms with E-state index < -0.39 is 11.9 Å². The van der Waals surface area contributed by atoms with E-state index in [2.05, 4.69) is 20.4 Å². The lowest BCUT2D eigenvalue weighted by Gasteiger charge is -2.15. The fraction of sp³-hybridized carbons (Fsp3) is 0.148. The Kier molecular flexibility index (Phi) is 7.46. The minimum Gasteiger partial charge on any atom is -0.493 e. The number of carbonyl (C=O) groups is 1. The molecule has 0 fully saturated rings. The number of fused-ring (bicyclic) bond motifs is 1. The average Bonchev–Trinajstić information content (AvgIpc) is 3.54. The van der Waals surface area contributed by atoms with E-state index in [4.69, 9.17) is 18.6 Å². The van der Waals surface area contributed by atoms with Gasteiger partial charge in [0.05, 0.1) is 32.5 Å². The summed E-state index contributed by atoms with van der Waals surface area (Å²) >= 11 is 1.15. The molecule has 2 heterocycles. The highest BCUT2D eigenvalue weighted by Crippen LogP contribution is 2.42. The van der Waals surface area contributed by atoms with Crippen LogP contribution in [-0.2, 0) is 4.79 Å². The number of amides is 1. The van der Waals surface area contributed by atoms with Crippen molar-refractivity contribution in [3.63, 3.8) is 0 Å². The van der Waals surface area contributed by atoms with Crippen molar-refractivity contribution in [2.24, 2.45) is 10.2 Å². The predicted octanol–water partition coefficient (Wildman–Crippen LogP) is 5.81. The minimum atomic E-state index is -0.526. The highest BCUT2D eigenvalue weighted by atomic mass is 32.2. The molecule has 0 aliphatic heterocycles. The Morgan fingerprint density at radius 2 is 1.67 bits per heavy atom. The van der Waals surface area contributed by atoms with Gasteiger partial charge in [0.25, 0.3) is 5.91 Å². The molecule has 0 spiro atoms. The van der Waals surface area contributed by atoms with Gasteiger partial charge in [0.15, 0.2) is 28.2 Å². The number of azo groups is 1. The molecule has 0 bridgehead atoms. The van der Waals surface area contributed by atoms with E-state index >= 15 is 0 Å². The molecule has 1 N–H and O–H groups in total. The van der Waals surface area contributed by atoms with E-state index in [1.807, 2.05) is 34.9 Å². The SMILES string of the molecule is COc1cc(-c2nnc(SCC(=O)N=Nc3c(O)oc4ccccc34)n2-c2ccccc2)cc(OC)c1OC. The number of hydrogen-bond donors (Lipinski definition) is 1. The zero-order valence-electron chi connectivity index (χ0n) is 21.2. The first-order chi connectivity index (χ1) is 19.0. The van der Waals surface area contributed by atoms with Gasteiger partial charge in [0.2, 0.25) is 5.75 Å². The van der Waals surface area contributed by atoms with Crippen LogP contribution in [0.2, 0.25) is 0 Å². The third kappa shape index (κ3) is 5.14. The van der Waals surface area contributed by atoms with E-state index in [9.17, 15) is 9.90 Å². The molecular weight excluding hydrogens is 522 g/mol. The van der Waals surface area contributed by atoms with Crippen LogP contribution in [0, 0.1) is 0 Å². The number of para-hydroxylation sites is 2. The lowest BCUT2D eigenvalue weighted by molar-refractivity contribution is -0.115. The topological polar surface area (TPSA) is 134 Å². The molecule has 5 aromatic rings. The number of carbonyl (C=O) groups excluding carboxylic acids is 1. The molecule has 11 nitrogen and oxygen atoms in total. The Hall–Kier alpha value is -4.84. The molecule has 0 unspecified atom stereocenters. The molecule has 0 saturated carbocycles. The number of aromatic nitrogens is 3. The van der Waals surface area contributed by atoms with Crippen molar-refractivity contribution in [3.05, 3.63) is 66.7 Å². The highest BCUT2D eigenvalue weighted by Gasteiger charge is 2.21. The first-order valence-electron chi connectivity index (χ1n) is 11.6. The summed E-state index contributed by atoms with van der Waals surface area (Å²) in [5, 5.41) is 27.5. The smallest absolute Gasteiger partial charge is 0.311 e. The van der Waals surface area contributed by atoms with Gasteiger partial charge in [0.1, 0.15) is 5.58 Å². The molecule has 0 aliphatic carbocycles. The summed E-state index contributed by atoms with van der Waals surface area (Å²) in [5.41, 5.74) is 2.00. The van der Waals surface area contributed by atoms with Crippen LogP contribution in [-0.4, -0.2) is 52.9 Å². The van der Waals surface area contributed by atoms with Gasteiger partial charge in [-0.1, -0.05) is 42.1 Å². The first kappa shape index (κ1) is 25.8. The first-order valence-corrected chi connectivity index (χ1v) is 12.6. The lowest BCUT2D eigenvalue weighted by Crippen LogP contribution is -2.03. The van der Waals surface area contributed by atoms with Crippen molar-refractivity contribution in [1.82, 2.24) is 14.8 Å². The molecule has 0 aliphatic rings. The largest absolute Gasteiger partial charge is 0.493 e. The van der Waals surface area contributed by atoms with Gasteiger partial charge < -0.3 is 23.7 Å². The second kappa shape index (κ2) is 11.3. The van der Waals surface area contributed by atoms with Crippen LogP contribution in [0.4, 0.5) is 5.69 Å². The second-order valence-electron chi connectivity index (χ2n) is 8.03. The molecule has 12 heteroatoms. The highest BCUT2D eigenvalue weighted by molar-refractivity contribution is 7.99. The number of hydrogen-bond acceptors (Lipinski definition) is 10. The Morgan fingerprint density at radius 1 is 0.974 bits per heavy atom. The predicted molar refractivity (Wildman–Crippen MR) is 145 cm³/mol. The molecule has 3 aromatic carbocycles. The molecule has 1 amide bonds. The van der Waals surface area contributed by atoms with Crippen molar-refractivity contribution in [3.8, 4) is 40.3 Å². The fourth-order valence-electron chi connectivity index (χ4n) is 3.95. The summed E-state index contributed by atoms with van der Waals surface area (Å²) in [6.07, 6.45) is 0. The van der Waals surface area contributed by atoms with Crippen molar-refractivity contribution < 1.29 is 28.5 Å². The van der Waals surface area contributed by atoms with E-state index in [-0.39, 0.29) is 11.4 Å². The molecule has 0 radical (unpaired) electrons. The number of nitrogens with zero attached hydrogens (tertiary/aromatic N) is 5. The molecule has 39 heavy (non-hydrogen) atoms. The number of rotatable bonds is 9. The zero-order chi connectivity index (χ0) is 27.4. The van der Waals surface area contributed by atoms with Gasteiger partial charge in [-0.05, 0) is 36.4 Å². The normalized spacial score (nSPS) is 11.3. The summed E-state index contributed by atoms with van der Waals surface area (Å²) < 4.78 is 23.5. The van der Waals surface area contributed by atoms with Crippen LogP contribution in [0.5, 0.6) is 23.2 Å². The van der Waals surface area contributed by atoms with Gasteiger partial charge in [-0.25, -0.2) is 0 Å². The van der Waals surface area contributed by atoms with E-state index in [1.54, 1.807) is 36.4 Å². The van der Waals surface area contributed by atoms with Crippen molar-refractivity contribution in [1.29, 1.82) is 0 Å². The molecular formula is C27H23N5O6S. The average molecular weight is 546 g/mol. The number of benzene rings is 3. The second-order valence-corrected chi connectivity index (χ2v) is 8.97. The Bertz CT molecular complexity index is 1640. The Labute approximate surface area is 227 Å². The summed E-state index contributed by atoms with van der Waals surface area (Å²) in [7, 11) is 4.61. The standard InChI is InChI=1S/C27H23N5O6S/c1-35-20-13-16(14-21(36-2)24(20)37-3)25-30-31-27(32(25)17-9-5-4-6-10-17)39-15-22(33)28-29-23-18-11-7-8-12-19(18)38-26(23)34/h4-14,34H,15H2,1-3H3. The van der Waals surface area contributed by atoms with Crippen molar-refractivity contribution in [2.45, 2.75) is 5.16 Å². The summed E-state index contributed by atoms with van der Waals surface area (Å²) in [4.78, 5) is 12.6. The fourth-order valence-corrected chi connectivity index (χ4v) is 4.68. The summed E-state index contributed by atoms with van der Waals surface area (Å²) in [6, 6.07) is 20.0. The summed E-state index contributed by atoms with van der Waals surface area (Å²) in [5.74, 6) is 0.896. The number of methoxy groups -OCH3 is 3. The molecule has 198 valence electrons. The molecule has 0 atom stereocenters. The maximum absolute atomic E-state index is 12.6. The maximum atomic E-state index is 12.6. The van der Waals surface area contributed by atoms with Crippen molar-refractivity contribution in [2.75, 3.05) is 27.1 Å². The number of aromatic hydroxyl groups is 1. The molecule has 5 rings (SSSR count). The van der Waals surface area contributed by atoms with Crippen LogP contribution in [0.15, 0.2) is 86.5 Å². The maximum Gasteiger partial charge on any atom is 0.311 e. The number of furan rings is 1. The van der Waals surface area contributed by atoms with E-state index in [1.165, 1.54) is 21.3 Å². The number of thioether (sulfide) groups is 1. The third-order valence-corrected chi connectivity index (χ3v) is 6.62. The quantitative estimate of drug-likeness (QED) is 0.180. The minimum absolute atomic E-state index is 0.0692. The van der Waals surface area contributed by atoms with Crippen molar-refractivity contribution >= 4 is 34.3 Å². The van der Waals surface area contributed by atoms with E-state index in [0.717, 1.165) is 17.4 Å². The Balaban J connectivity index is 1.45. The van der Waals surface area contributed by atoms with Crippen LogP contribution < -0.4 is 14.2 Å². The van der Waals surface area contributed by atoms with Crippen LogP contribution >= 0.6 is 11.8 Å². The zero-order valence-corrected chi connectivity index (χ0v) is 22.0. The lowest BCUT2D eigenvalue weighted by atomic mass is 10.1. The number of ether oxygens (including phenoxy) is 3. The van der Waals surface area contributed by atoms with Gasteiger partial charge in [0, 0.05) is 11.3 Å². The summed E-state index contributed by atoms with van der Waals surface area (Å²) in [6.45, 7) is 0. The molecule has 0 saturated heterocycles. The van der Waals surface area contributed by atoms with Gasteiger partial charge in [-0.15, -0.1) is 20.4 Å². The van der Waals surface area contributed by atoms with Gasteiger partial charge in [-0.3, -0.25) is 9.36 Å². The van der Waals surface area contributed by atoms with Crippen LogP contribution in [0.1, 0.15) is 0 Å². The van der Waals surface area contributed by atoms with Crippen LogP contribution in [0.25, 0.3) is 28.0 Å². The third-order valence-electron chi connectivity index (χ3n) is 5.71. The monoisotopic (exact) mass is 545 g/mol. The van der Waals surface area contributed by atoms with Gasteiger partial charge >= 0.3 is 5.95 Å². The van der Waals surface area contributed by atoms with Gasteiger partial charge in [-0.2, -0.15) is 0 Å². The van der Waals surface area contributed by atoms with Crippen LogP contribution in [0.3, 0.4) is 0 Å². The Morgan fingerprint density at radius 3 is 2.36 bits per heavy atom. The van der Waals surface area contributed by atoms with E-state index in [0.29, 0.717) is 44.8 Å².